The van der Waals surface area contributed by atoms with Crippen LogP contribution in [0.25, 0.3) is 0 Å². The monoisotopic (exact) mass is 285 g/mol. The van der Waals surface area contributed by atoms with Crippen molar-refractivity contribution >= 4 is 11.6 Å². The average Bonchev–Trinajstić information content (AvgIpc) is 2.36. The minimum atomic E-state index is -0.230. The molecule has 1 fully saturated rings. The lowest BCUT2D eigenvalue weighted by atomic mass is 9.97. The molecule has 2 rings (SSSR count). The van der Waals surface area contributed by atoms with Crippen LogP contribution < -0.4 is 5.73 Å². The zero-order chi connectivity index (χ0) is 14.0. The van der Waals surface area contributed by atoms with Crippen LogP contribution in [-0.4, -0.2) is 55.6 Å². The molecule has 0 radical (unpaired) electrons. The normalized spacial score (nSPS) is 23.5. The van der Waals surface area contributed by atoms with Crippen molar-refractivity contribution in [3.8, 4) is 0 Å². The van der Waals surface area contributed by atoms with Crippen molar-refractivity contribution in [2.75, 3.05) is 33.7 Å². The Labute approximate surface area is 119 Å². The van der Waals surface area contributed by atoms with E-state index in [1.807, 2.05) is 0 Å². The van der Waals surface area contributed by atoms with Crippen molar-refractivity contribution in [2.45, 2.75) is 18.5 Å². The molecule has 1 aliphatic rings. The van der Waals surface area contributed by atoms with Crippen molar-refractivity contribution in [1.29, 1.82) is 0 Å². The van der Waals surface area contributed by atoms with Gasteiger partial charge in [-0.3, -0.25) is 4.90 Å². The maximum Gasteiger partial charge on any atom is 0.126 e. The Morgan fingerprint density at radius 1 is 1.42 bits per heavy atom. The molecule has 106 valence electrons. The maximum absolute atomic E-state index is 13.7. The van der Waals surface area contributed by atoms with Crippen LogP contribution in [0.1, 0.15) is 5.56 Å². The minimum absolute atomic E-state index is 0.0966. The van der Waals surface area contributed by atoms with E-state index in [1.54, 1.807) is 12.1 Å². The van der Waals surface area contributed by atoms with Gasteiger partial charge in [0.25, 0.3) is 0 Å². The van der Waals surface area contributed by atoms with Gasteiger partial charge >= 0.3 is 0 Å². The summed E-state index contributed by atoms with van der Waals surface area (Å²) in [5, 5.41) is 0.553. The van der Waals surface area contributed by atoms with Gasteiger partial charge in [-0.2, -0.15) is 0 Å². The van der Waals surface area contributed by atoms with Gasteiger partial charge in [0.1, 0.15) is 5.82 Å². The number of hydrogen-bond acceptors (Lipinski definition) is 3. The van der Waals surface area contributed by atoms with Gasteiger partial charge in [-0.25, -0.2) is 4.39 Å². The van der Waals surface area contributed by atoms with Crippen molar-refractivity contribution in [3.63, 3.8) is 0 Å². The molecule has 1 aliphatic heterocycles. The first-order valence-corrected chi connectivity index (χ1v) is 6.93. The van der Waals surface area contributed by atoms with Crippen LogP contribution in [0.2, 0.25) is 5.02 Å². The molecule has 3 nitrogen and oxygen atoms in total. The lowest BCUT2D eigenvalue weighted by Crippen LogP contribution is -2.58. The molecule has 2 atom stereocenters. The van der Waals surface area contributed by atoms with Crippen molar-refractivity contribution in [1.82, 2.24) is 9.80 Å². The van der Waals surface area contributed by atoms with E-state index in [9.17, 15) is 4.39 Å². The second-order valence-electron chi connectivity index (χ2n) is 5.41. The Bertz CT molecular complexity index is 441. The van der Waals surface area contributed by atoms with E-state index in [0.717, 1.165) is 19.6 Å². The van der Waals surface area contributed by atoms with Crippen LogP contribution in [-0.2, 0) is 6.42 Å². The van der Waals surface area contributed by atoms with E-state index in [4.69, 9.17) is 17.3 Å². The Balaban J connectivity index is 2.07. The van der Waals surface area contributed by atoms with Crippen LogP contribution >= 0.6 is 11.6 Å². The highest BCUT2D eigenvalue weighted by atomic mass is 35.5. The standard InChI is InChI=1S/C14H21ClFN3/c1-18-5-6-19(2)14(9-18)13(17)8-10-7-11(15)3-4-12(10)16/h3-4,7,13-14H,5-6,8-9,17H2,1-2H3. The summed E-state index contributed by atoms with van der Waals surface area (Å²) in [7, 11) is 4.17. The van der Waals surface area contributed by atoms with E-state index >= 15 is 0 Å². The molecule has 0 bridgehead atoms. The van der Waals surface area contributed by atoms with Crippen LogP contribution in [0.5, 0.6) is 0 Å². The predicted molar refractivity (Wildman–Crippen MR) is 77.0 cm³/mol. The summed E-state index contributed by atoms with van der Waals surface area (Å²) < 4.78 is 13.7. The molecule has 2 unspecified atom stereocenters. The fourth-order valence-corrected chi connectivity index (χ4v) is 2.79. The average molecular weight is 286 g/mol. The number of benzene rings is 1. The summed E-state index contributed by atoms with van der Waals surface area (Å²) in [6.45, 7) is 2.96. The molecule has 1 heterocycles. The molecule has 0 aromatic heterocycles. The fourth-order valence-electron chi connectivity index (χ4n) is 2.60. The minimum Gasteiger partial charge on any atom is -0.326 e. The number of halogens is 2. The Morgan fingerprint density at radius 3 is 2.89 bits per heavy atom. The van der Waals surface area contributed by atoms with Crippen LogP contribution in [0.3, 0.4) is 0 Å². The summed E-state index contributed by atoms with van der Waals surface area (Å²) in [5.41, 5.74) is 6.87. The van der Waals surface area contributed by atoms with E-state index in [0.29, 0.717) is 17.0 Å². The number of piperazine rings is 1. The second kappa shape index (κ2) is 6.18. The Morgan fingerprint density at radius 2 is 2.16 bits per heavy atom. The highest BCUT2D eigenvalue weighted by Gasteiger charge is 2.28. The molecule has 0 aliphatic carbocycles. The molecule has 1 aromatic rings. The summed E-state index contributed by atoms with van der Waals surface area (Å²) in [6, 6.07) is 4.79. The number of nitrogens with two attached hydrogens (primary N) is 1. The summed E-state index contributed by atoms with van der Waals surface area (Å²) in [5.74, 6) is -0.230. The summed E-state index contributed by atoms with van der Waals surface area (Å²) >= 11 is 5.91. The zero-order valence-electron chi connectivity index (χ0n) is 11.4. The first-order chi connectivity index (χ1) is 8.97. The first kappa shape index (κ1) is 14.7. The third-order valence-electron chi connectivity index (χ3n) is 3.86. The topological polar surface area (TPSA) is 32.5 Å². The largest absolute Gasteiger partial charge is 0.326 e. The lowest BCUT2D eigenvalue weighted by molar-refractivity contribution is 0.0971. The number of rotatable bonds is 3. The highest BCUT2D eigenvalue weighted by Crippen LogP contribution is 2.18. The van der Waals surface area contributed by atoms with Gasteiger partial charge in [0.15, 0.2) is 0 Å². The summed E-state index contributed by atoms with van der Waals surface area (Å²) in [4.78, 5) is 4.52. The number of nitrogens with zero attached hydrogens (tertiary/aromatic N) is 2. The van der Waals surface area contributed by atoms with Crippen molar-refractivity contribution in [3.05, 3.63) is 34.6 Å². The molecule has 2 N–H and O–H groups in total. The Kier molecular flexibility index (Phi) is 4.79. The molecule has 1 saturated heterocycles. The fraction of sp³-hybridized carbons (Fsp3) is 0.571. The SMILES string of the molecule is CN1CCN(C)C(C(N)Cc2cc(Cl)ccc2F)C1. The highest BCUT2D eigenvalue weighted by molar-refractivity contribution is 6.30. The van der Waals surface area contributed by atoms with Crippen LogP contribution in [0.4, 0.5) is 4.39 Å². The Hall–Kier alpha value is -0.680. The van der Waals surface area contributed by atoms with Gasteiger partial charge in [0.05, 0.1) is 0 Å². The molecule has 5 heteroatoms. The molecule has 0 saturated carbocycles. The van der Waals surface area contributed by atoms with Crippen molar-refractivity contribution in [2.24, 2.45) is 5.73 Å². The molecule has 1 aromatic carbocycles. The van der Waals surface area contributed by atoms with Crippen LogP contribution in [0.15, 0.2) is 18.2 Å². The quantitative estimate of drug-likeness (QED) is 0.916. The maximum atomic E-state index is 13.7. The molecule has 0 amide bonds. The first-order valence-electron chi connectivity index (χ1n) is 6.55. The van der Waals surface area contributed by atoms with E-state index in [2.05, 4.69) is 23.9 Å². The third kappa shape index (κ3) is 3.66. The molecular weight excluding hydrogens is 265 g/mol. The van der Waals surface area contributed by atoms with E-state index in [-0.39, 0.29) is 17.9 Å². The summed E-state index contributed by atoms with van der Waals surface area (Å²) in [6.07, 6.45) is 0.509. The van der Waals surface area contributed by atoms with Gasteiger partial charge < -0.3 is 10.6 Å². The van der Waals surface area contributed by atoms with Gasteiger partial charge in [0, 0.05) is 36.7 Å². The zero-order valence-corrected chi connectivity index (χ0v) is 12.2. The molecule has 19 heavy (non-hydrogen) atoms. The van der Waals surface area contributed by atoms with E-state index in [1.165, 1.54) is 6.07 Å². The van der Waals surface area contributed by atoms with Gasteiger partial charge in [-0.15, -0.1) is 0 Å². The smallest absolute Gasteiger partial charge is 0.126 e. The predicted octanol–water partition coefficient (Wildman–Crippen LogP) is 1.59. The second-order valence-corrected chi connectivity index (χ2v) is 5.85. The third-order valence-corrected chi connectivity index (χ3v) is 4.09. The van der Waals surface area contributed by atoms with Crippen molar-refractivity contribution < 1.29 is 4.39 Å². The number of likely N-dealkylation sites (N-methyl/N-ethyl adjacent to an activating group) is 2. The van der Waals surface area contributed by atoms with Crippen LogP contribution in [0, 0.1) is 5.82 Å². The lowest BCUT2D eigenvalue weighted by Gasteiger charge is -2.40. The van der Waals surface area contributed by atoms with Gasteiger partial charge in [-0.1, -0.05) is 11.6 Å². The van der Waals surface area contributed by atoms with E-state index < -0.39 is 0 Å². The van der Waals surface area contributed by atoms with Gasteiger partial charge in [0.2, 0.25) is 0 Å². The molecular formula is C14H21ClFN3. The number of hydrogen-bond donors (Lipinski definition) is 1. The molecule has 0 spiro atoms. The van der Waals surface area contributed by atoms with Gasteiger partial charge in [-0.05, 0) is 44.3 Å².